The first-order valence-corrected chi connectivity index (χ1v) is 14.9. The van der Waals surface area contributed by atoms with Crippen molar-refractivity contribution in [2.45, 2.75) is 130 Å². The predicted molar refractivity (Wildman–Crippen MR) is 146 cm³/mol. The molecule has 1 N–H and O–H groups in total. The Morgan fingerprint density at radius 3 is 1.63 bits per heavy atom. The summed E-state index contributed by atoms with van der Waals surface area (Å²) in [7, 11) is 0. The van der Waals surface area contributed by atoms with Gasteiger partial charge in [0, 0.05) is 6.08 Å². The van der Waals surface area contributed by atoms with Crippen LogP contribution in [-0.2, 0) is 14.3 Å². The van der Waals surface area contributed by atoms with E-state index in [0.29, 0.717) is 18.4 Å². The zero-order valence-corrected chi connectivity index (χ0v) is 23.4. The molecule has 2 unspecified atom stereocenters. The summed E-state index contributed by atoms with van der Waals surface area (Å²) >= 11 is 0. The Kier molecular flexibility index (Phi) is 17.1. The van der Waals surface area contributed by atoms with Crippen LogP contribution in [0.1, 0.15) is 130 Å². The van der Waals surface area contributed by atoms with Crippen LogP contribution in [0.4, 0.5) is 0 Å². The molecule has 35 heavy (non-hydrogen) atoms. The fraction of sp³-hybridized carbons (Fsp3) is 0.871. The maximum atomic E-state index is 11.1. The second-order valence-corrected chi connectivity index (χ2v) is 11.4. The van der Waals surface area contributed by atoms with Crippen molar-refractivity contribution < 1.29 is 19.4 Å². The van der Waals surface area contributed by atoms with E-state index in [1.54, 1.807) is 0 Å². The SMILES string of the molecule is C=CC(=O)OCC(CC)CC1CCC(CCC)CC1.CCCC1CCC(CC(CC)C(=O)O)CC1. The van der Waals surface area contributed by atoms with Crippen LogP contribution in [0, 0.1) is 35.5 Å². The molecular formula is C31H56O4. The van der Waals surface area contributed by atoms with Crippen LogP contribution in [-0.4, -0.2) is 23.7 Å². The molecule has 0 spiro atoms. The van der Waals surface area contributed by atoms with Crippen LogP contribution in [0.2, 0.25) is 0 Å². The zero-order chi connectivity index (χ0) is 26.1. The Morgan fingerprint density at radius 2 is 1.26 bits per heavy atom. The summed E-state index contributed by atoms with van der Waals surface area (Å²) in [6, 6.07) is 0. The third-order valence-corrected chi connectivity index (χ3v) is 8.66. The number of carbonyl (C=O) groups is 2. The van der Waals surface area contributed by atoms with Gasteiger partial charge in [0.25, 0.3) is 0 Å². The molecule has 0 heterocycles. The highest BCUT2D eigenvalue weighted by atomic mass is 16.5. The summed E-state index contributed by atoms with van der Waals surface area (Å²) in [5.74, 6) is 2.95. The maximum Gasteiger partial charge on any atom is 0.330 e. The summed E-state index contributed by atoms with van der Waals surface area (Å²) in [5.41, 5.74) is 0. The van der Waals surface area contributed by atoms with Gasteiger partial charge in [0.05, 0.1) is 12.5 Å². The molecule has 2 fully saturated rings. The van der Waals surface area contributed by atoms with E-state index in [-0.39, 0.29) is 11.9 Å². The van der Waals surface area contributed by atoms with Crippen LogP contribution >= 0.6 is 0 Å². The van der Waals surface area contributed by atoms with E-state index < -0.39 is 5.97 Å². The molecule has 2 aliphatic rings. The van der Waals surface area contributed by atoms with E-state index in [1.165, 1.54) is 89.5 Å². The molecule has 2 aliphatic carbocycles. The number of carbonyl (C=O) groups excluding carboxylic acids is 1. The molecule has 0 aromatic heterocycles. The van der Waals surface area contributed by atoms with Crippen LogP contribution in [0.5, 0.6) is 0 Å². The molecule has 0 radical (unpaired) electrons. The van der Waals surface area contributed by atoms with Gasteiger partial charge in [0.2, 0.25) is 0 Å². The van der Waals surface area contributed by atoms with Gasteiger partial charge in [-0.3, -0.25) is 4.79 Å². The molecule has 0 aliphatic heterocycles. The van der Waals surface area contributed by atoms with Crippen molar-refractivity contribution in [1.29, 1.82) is 0 Å². The Bertz CT molecular complexity index is 571. The molecule has 0 aromatic rings. The minimum Gasteiger partial charge on any atom is -0.481 e. The normalized spacial score (nSPS) is 26.1. The highest BCUT2D eigenvalue weighted by Crippen LogP contribution is 2.36. The second-order valence-electron chi connectivity index (χ2n) is 11.4. The molecule has 2 rings (SSSR count). The van der Waals surface area contributed by atoms with Crippen molar-refractivity contribution >= 4 is 11.9 Å². The number of aliphatic carboxylic acids is 1. The van der Waals surface area contributed by atoms with Gasteiger partial charge >= 0.3 is 11.9 Å². The Hall–Kier alpha value is -1.32. The summed E-state index contributed by atoms with van der Waals surface area (Å²) in [5, 5.41) is 9.04. The molecule has 4 nitrogen and oxygen atoms in total. The molecule has 0 bridgehead atoms. The minimum absolute atomic E-state index is 0.104. The van der Waals surface area contributed by atoms with Gasteiger partial charge in [-0.05, 0) is 48.9 Å². The van der Waals surface area contributed by atoms with E-state index in [4.69, 9.17) is 9.84 Å². The second kappa shape index (κ2) is 18.9. The fourth-order valence-corrected chi connectivity index (χ4v) is 6.26. The van der Waals surface area contributed by atoms with Crippen LogP contribution < -0.4 is 0 Å². The number of rotatable bonds is 14. The topological polar surface area (TPSA) is 63.6 Å². The Morgan fingerprint density at radius 1 is 0.800 bits per heavy atom. The predicted octanol–water partition coefficient (Wildman–Crippen LogP) is 8.83. The quantitative estimate of drug-likeness (QED) is 0.194. The Balaban J connectivity index is 0.000000355. The van der Waals surface area contributed by atoms with Crippen LogP contribution in [0.25, 0.3) is 0 Å². The summed E-state index contributed by atoms with van der Waals surface area (Å²) in [6.45, 7) is 12.7. The van der Waals surface area contributed by atoms with Gasteiger partial charge in [0.1, 0.15) is 0 Å². The number of esters is 1. The maximum absolute atomic E-state index is 11.1. The molecule has 204 valence electrons. The van der Waals surface area contributed by atoms with Crippen LogP contribution in [0.3, 0.4) is 0 Å². The third-order valence-electron chi connectivity index (χ3n) is 8.66. The number of hydrogen-bond donors (Lipinski definition) is 1. The molecule has 0 aromatic carbocycles. The summed E-state index contributed by atoms with van der Waals surface area (Å²) in [4.78, 5) is 22.1. The third kappa shape index (κ3) is 13.5. The lowest BCUT2D eigenvalue weighted by Crippen LogP contribution is -2.21. The van der Waals surface area contributed by atoms with Gasteiger partial charge < -0.3 is 9.84 Å². The average Bonchev–Trinajstić information content (AvgIpc) is 2.87. The fourth-order valence-electron chi connectivity index (χ4n) is 6.26. The molecule has 0 amide bonds. The van der Waals surface area contributed by atoms with Crippen molar-refractivity contribution in [1.82, 2.24) is 0 Å². The highest BCUT2D eigenvalue weighted by molar-refractivity contribution is 5.81. The lowest BCUT2D eigenvalue weighted by molar-refractivity contribution is -0.142. The van der Waals surface area contributed by atoms with Gasteiger partial charge in [0.15, 0.2) is 0 Å². The zero-order valence-electron chi connectivity index (χ0n) is 23.4. The van der Waals surface area contributed by atoms with E-state index in [0.717, 1.165) is 37.0 Å². The van der Waals surface area contributed by atoms with Gasteiger partial charge in [-0.2, -0.15) is 0 Å². The molecular weight excluding hydrogens is 436 g/mol. The first kappa shape index (κ1) is 31.7. The number of ether oxygens (including phenoxy) is 1. The first-order valence-electron chi connectivity index (χ1n) is 14.9. The van der Waals surface area contributed by atoms with E-state index in [9.17, 15) is 9.59 Å². The van der Waals surface area contributed by atoms with Gasteiger partial charge in [-0.1, -0.05) is 118 Å². The van der Waals surface area contributed by atoms with E-state index in [1.807, 2.05) is 6.92 Å². The summed E-state index contributed by atoms with van der Waals surface area (Å²) < 4.78 is 5.19. The lowest BCUT2D eigenvalue weighted by Gasteiger charge is -2.30. The van der Waals surface area contributed by atoms with E-state index in [2.05, 4.69) is 27.4 Å². The van der Waals surface area contributed by atoms with Crippen molar-refractivity contribution in [2.75, 3.05) is 6.61 Å². The lowest BCUT2D eigenvalue weighted by atomic mass is 9.76. The first-order chi connectivity index (χ1) is 16.9. The summed E-state index contributed by atoms with van der Waals surface area (Å²) in [6.07, 6.45) is 21.4. The largest absolute Gasteiger partial charge is 0.481 e. The van der Waals surface area contributed by atoms with Gasteiger partial charge in [-0.25, -0.2) is 4.79 Å². The molecule has 2 saturated carbocycles. The number of hydrogen-bond acceptors (Lipinski definition) is 3. The average molecular weight is 493 g/mol. The molecule has 2 atom stereocenters. The van der Waals surface area contributed by atoms with Crippen molar-refractivity contribution in [2.24, 2.45) is 35.5 Å². The van der Waals surface area contributed by atoms with Crippen LogP contribution in [0.15, 0.2) is 12.7 Å². The van der Waals surface area contributed by atoms with Crippen molar-refractivity contribution in [3.05, 3.63) is 12.7 Å². The Labute approximate surface area is 216 Å². The minimum atomic E-state index is -0.599. The molecule has 0 saturated heterocycles. The standard InChI is InChI=1S/C17H30O2.C14H26O2/c1-4-7-15-8-10-16(11-9-15)12-14(5-2)13-19-17(18)6-3;1-3-5-11-6-8-12(9-7-11)10-13(4-2)14(15)16/h6,14-16H,3-5,7-13H2,1-2H3;11-13H,3-10H2,1-2H3,(H,15,16). The van der Waals surface area contributed by atoms with Crippen molar-refractivity contribution in [3.63, 3.8) is 0 Å². The molecule has 4 heteroatoms. The monoisotopic (exact) mass is 492 g/mol. The van der Waals surface area contributed by atoms with Crippen molar-refractivity contribution in [3.8, 4) is 0 Å². The highest BCUT2D eigenvalue weighted by Gasteiger charge is 2.26. The van der Waals surface area contributed by atoms with E-state index >= 15 is 0 Å². The number of carboxylic acid groups (broad SMARTS) is 1. The smallest absolute Gasteiger partial charge is 0.330 e. The number of carboxylic acids is 1. The van der Waals surface area contributed by atoms with Gasteiger partial charge in [-0.15, -0.1) is 0 Å².